The Balaban J connectivity index is 3.83. The topological polar surface area (TPSA) is 32.3 Å². The van der Waals surface area contributed by atoms with Gasteiger partial charge >= 0.3 is 6.03 Å². The van der Waals surface area contributed by atoms with Gasteiger partial charge in [0.2, 0.25) is 0 Å². The van der Waals surface area contributed by atoms with Crippen LogP contribution >= 0.6 is 0 Å². The van der Waals surface area contributed by atoms with Crippen LogP contribution < -0.4 is 5.32 Å². The Morgan fingerprint density at radius 2 is 1.92 bits per heavy atom. The van der Waals surface area contributed by atoms with Gasteiger partial charge in [-0.25, -0.2) is 4.79 Å². The van der Waals surface area contributed by atoms with E-state index in [1.165, 1.54) is 0 Å². The molecule has 0 bridgehead atoms. The monoisotopic (exact) mass is 172 g/mol. The minimum atomic E-state index is -0.0116. The van der Waals surface area contributed by atoms with Gasteiger partial charge in [0.1, 0.15) is 0 Å². The Bertz CT molecular complexity index is 145. The van der Waals surface area contributed by atoms with E-state index in [-0.39, 0.29) is 6.03 Å². The molecule has 0 aromatic rings. The Kier molecular flexibility index (Phi) is 4.71. The van der Waals surface area contributed by atoms with Gasteiger partial charge in [-0.3, -0.25) is 0 Å². The summed E-state index contributed by atoms with van der Waals surface area (Å²) in [6.45, 7) is 7.31. The van der Waals surface area contributed by atoms with Gasteiger partial charge in [0.15, 0.2) is 0 Å². The van der Waals surface area contributed by atoms with E-state index in [0.717, 1.165) is 6.54 Å². The van der Waals surface area contributed by atoms with E-state index < -0.39 is 0 Å². The zero-order valence-electron chi connectivity index (χ0n) is 8.72. The number of hydrogen-bond donors (Lipinski definition) is 1. The molecule has 0 aliphatic carbocycles. The van der Waals surface area contributed by atoms with E-state index in [9.17, 15) is 4.79 Å². The highest BCUT2D eigenvalue weighted by molar-refractivity contribution is 5.73. The van der Waals surface area contributed by atoms with Gasteiger partial charge in [-0.1, -0.05) is 20.8 Å². The molecule has 0 fully saturated rings. The SMILES string of the molecule is CNC(=O)N(C)C[C@@H](C)C(C)C. The molecule has 0 aromatic heterocycles. The summed E-state index contributed by atoms with van der Waals surface area (Å²) in [7, 11) is 3.47. The van der Waals surface area contributed by atoms with Crippen molar-refractivity contribution in [1.29, 1.82) is 0 Å². The Morgan fingerprint density at radius 3 is 2.25 bits per heavy atom. The van der Waals surface area contributed by atoms with Crippen molar-refractivity contribution in [3.8, 4) is 0 Å². The maximum atomic E-state index is 11.1. The molecule has 1 N–H and O–H groups in total. The molecule has 0 saturated heterocycles. The van der Waals surface area contributed by atoms with Gasteiger partial charge in [0.25, 0.3) is 0 Å². The first-order valence-corrected chi connectivity index (χ1v) is 4.41. The van der Waals surface area contributed by atoms with Crippen molar-refractivity contribution in [2.75, 3.05) is 20.6 Å². The van der Waals surface area contributed by atoms with Crippen LogP contribution in [0, 0.1) is 11.8 Å². The molecule has 0 radical (unpaired) electrons. The van der Waals surface area contributed by atoms with E-state index in [1.807, 2.05) is 7.05 Å². The highest BCUT2D eigenvalue weighted by Gasteiger charge is 2.12. The molecular weight excluding hydrogens is 152 g/mol. The molecule has 0 saturated carbocycles. The van der Waals surface area contributed by atoms with Crippen molar-refractivity contribution in [3.63, 3.8) is 0 Å². The Hall–Kier alpha value is -0.730. The minimum Gasteiger partial charge on any atom is -0.341 e. The van der Waals surface area contributed by atoms with E-state index in [1.54, 1.807) is 11.9 Å². The maximum absolute atomic E-state index is 11.1. The zero-order chi connectivity index (χ0) is 9.72. The van der Waals surface area contributed by atoms with Crippen LogP contribution in [0.2, 0.25) is 0 Å². The number of carbonyl (C=O) groups excluding carboxylic acids is 1. The summed E-state index contributed by atoms with van der Waals surface area (Å²) in [6.07, 6.45) is 0. The maximum Gasteiger partial charge on any atom is 0.316 e. The Labute approximate surface area is 75.1 Å². The van der Waals surface area contributed by atoms with Crippen LogP contribution in [0.1, 0.15) is 20.8 Å². The van der Waals surface area contributed by atoms with Gasteiger partial charge in [0.05, 0.1) is 0 Å². The number of carbonyl (C=O) groups is 1. The van der Waals surface area contributed by atoms with Crippen molar-refractivity contribution in [1.82, 2.24) is 10.2 Å². The van der Waals surface area contributed by atoms with Gasteiger partial charge in [-0.05, 0) is 11.8 Å². The van der Waals surface area contributed by atoms with E-state index in [2.05, 4.69) is 26.1 Å². The lowest BCUT2D eigenvalue weighted by molar-refractivity contribution is 0.198. The summed E-state index contributed by atoms with van der Waals surface area (Å²) in [4.78, 5) is 12.8. The minimum absolute atomic E-state index is 0.0116. The largest absolute Gasteiger partial charge is 0.341 e. The fraction of sp³-hybridized carbons (Fsp3) is 0.889. The van der Waals surface area contributed by atoms with Crippen molar-refractivity contribution in [2.24, 2.45) is 11.8 Å². The normalized spacial score (nSPS) is 12.8. The second-order valence-corrected chi connectivity index (χ2v) is 3.66. The van der Waals surface area contributed by atoms with Crippen LogP contribution in [0.5, 0.6) is 0 Å². The first kappa shape index (κ1) is 11.3. The summed E-state index contributed by atoms with van der Waals surface area (Å²) in [6, 6.07) is -0.0116. The van der Waals surface area contributed by atoms with Crippen molar-refractivity contribution in [2.45, 2.75) is 20.8 Å². The van der Waals surface area contributed by atoms with Crippen molar-refractivity contribution >= 4 is 6.03 Å². The summed E-state index contributed by atoms with van der Waals surface area (Å²) in [5.74, 6) is 1.17. The quantitative estimate of drug-likeness (QED) is 0.688. The lowest BCUT2D eigenvalue weighted by atomic mass is 9.98. The molecule has 2 amide bonds. The summed E-state index contributed by atoms with van der Waals surface area (Å²) < 4.78 is 0. The molecule has 3 nitrogen and oxygen atoms in total. The smallest absolute Gasteiger partial charge is 0.316 e. The number of rotatable bonds is 3. The standard InChI is InChI=1S/C9H20N2O/c1-7(2)8(3)6-11(5)9(12)10-4/h7-8H,6H2,1-5H3,(H,10,12)/t8-/m1/s1. The second-order valence-electron chi connectivity index (χ2n) is 3.66. The predicted molar refractivity (Wildman–Crippen MR) is 51.1 cm³/mol. The molecule has 0 heterocycles. The third-order valence-electron chi connectivity index (χ3n) is 2.26. The summed E-state index contributed by atoms with van der Waals surface area (Å²) in [5.41, 5.74) is 0. The second kappa shape index (κ2) is 5.01. The van der Waals surface area contributed by atoms with E-state index >= 15 is 0 Å². The van der Waals surface area contributed by atoms with Crippen LogP contribution in [0.3, 0.4) is 0 Å². The zero-order valence-corrected chi connectivity index (χ0v) is 8.72. The highest BCUT2D eigenvalue weighted by Crippen LogP contribution is 2.10. The van der Waals surface area contributed by atoms with Crippen LogP contribution in [0.4, 0.5) is 4.79 Å². The molecule has 1 atom stereocenters. The lowest BCUT2D eigenvalue weighted by Gasteiger charge is -2.23. The number of hydrogen-bond acceptors (Lipinski definition) is 1. The van der Waals surface area contributed by atoms with Gasteiger partial charge in [-0.2, -0.15) is 0 Å². The molecule has 0 spiro atoms. The highest BCUT2D eigenvalue weighted by atomic mass is 16.2. The molecule has 0 aliphatic heterocycles. The van der Waals surface area contributed by atoms with Crippen LogP contribution in [-0.2, 0) is 0 Å². The molecule has 0 aromatic carbocycles. The first-order chi connectivity index (χ1) is 5.49. The van der Waals surface area contributed by atoms with E-state index in [0.29, 0.717) is 11.8 Å². The molecule has 12 heavy (non-hydrogen) atoms. The van der Waals surface area contributed by atoms with Crippen LogP contribution in [0.15, 0.2) is 0 Å². The van der Waals surface area contributed by atoms with Crippen LogP contribution in [0.25, 0.3) is 0 Å². The van der Waals surface area contributed by atoms with Crippen LogP contribution in [-0.4, -0.2) is 31.6 Å². The van der Waals surface area contributed by atoms with Crippen molar-refractivity contribution in [3.05, 3.63) is 0 Å². The molecule has 72 valence electrons. The van der Waals surface area contributed by atoms with E-state index in [4.69, 9.17) is 0 Å². The average molecular weight is 172 g/mol. The molecule has 3 heteroatoms. The Morgan fingerprint density at radius 1 is 1.42 bits per heavy atom. The fourth-order valence-corrected chi connectivity index (χ4v) is 0.917. The van der Waals surface area contributed by atoms with Gasteiger partial charge in [-0.15, -0.1) is 0 Å². The fourth-order valence-electron chi connectivity index (χ4n) is 0.917. The van der Waals surface area contributed by atoms with Gasteiger partial charge in [0, 0.05) is 20.6 Å². The molecule has 0 unspecified atom stereocenters. The number of amides is 2. The number of urea groups is 1. The molecule has 0 aliphatic rings. The lowest BCUT2D eigenvalue weighted by Crippen LogP contribution is -2.38. The third-order valence-corrected chi connectivity index (χ3v) is 2.26. The van der Waals surface area contributed by atoms with Gasteiger partial charge < -0.3 is 10.2 Å². The summed E-state index contributed by atoms with van der Waals surface area (Å²) >= 11 is 0. The number of nitrogens with zero attached hydrogens (tertiary/aromatic N) is 1. The summed E-state index contributed by atoms with van der Waals surface area (Å²) in [5, 5.41) is 2.60. The number of nitrogens with one attached hydrogen (secondary N) is 1. The predicted octanol–water partition coefficient (Wildman–Crippen LogP) is 1.55. The molecule has 0 rings (SSSR count). The third kappa shape index (κ3) is 3.60. The first-order valence-electron chi connectivity index (χ1n) is 4.41. The molecular formula is C9H20N2O. The average Bonchev–Trinajstić information content (AvgIpc) is 2.02. The van der Waals surface area contributed by atoms with Crippen molar-refractivity contribution < 1.29 is 4.79 Å².